The van der Waals surface area contributed by atoms with Crippen molar-refractivity contribution in [2.24, 2.45) is 0 Å². The zero-order valence-corrected chi connectivity index (χ0v) is 11.6. The van der Waals surface area contributed by atoms with Crippen molar-refractivity contribution in [3.05, 3.63) is 73.1 Å². The van der Waals surface area contributed by atoms with Crippen molar-refractivity contribution in [2.75, 3.05) is 5.32 Å². The predicted octanol–water partition coefficient (Wildman–Crippen LogP) is 3.75. The normalized spacial score (nSPS) is 10.0. The predicted molar refractivity (Wildman–Crippen MR) is 83.6 cm³/mol. The molecular formula is C17H13N3O2. The maximum absolute atomic E-state index is 11.7. The molecule has 22 heavy (non-hydrogen) atoms. The van der Waals surface area contributed by atoms with Gasteiger partial charge < -0.3 is 4.74 Å². The minimum absolute atomic E-state index is 0.195. The quantitative estimate of drug-likeness (QED) is 0.798. The highest BCUT2D eigenvalue weighted by Gasteiger charge is 2.07. The van der Waals surface area contributed by atoms with Crippen LogP contribution in [0, 0.1) is 0 Å². The third kappa shape index (κ3) is 3.46. The number of aromatic nitrogens is 2. The Morgan fingerprint density at radius 2 is 1.41 bits per heavy atom. The van der Waals surface area contributed by atoms with Gasteiger partial charge in [0.2, 0.25) is 5.95 Å². The summed E-state index contributed by atoms with van der Waals surface area (Å²) in [6.45, 7) is 0. The highest BCUT2D eigenvalue weighted by atomic mass is 16.6. The summed E-state index contributed by atoms with van der Waals surface area (Å²) in [5.41, 5.74) is 1.89. The van der Waals surface area contributed by atoms with Crippen LogP contribution in [0.4, 0.5) is 10.7 Å². The largest absolute Gasteiger partial charge is 0.419 e. The molecule has 0 saturated carbocycles. The van der Waals surface area contributed by atoms with Crippen molar-refractivity contribution in [3.63, 3.8) is 0 Å². The van der Waals surface area contributed by atoms with Crippen molar-refractivity contribution in [3.8, 4) is 16.9 Å². The zero-order chi connectivity index (χ0) is 15.2. The summed E-state index contributed by atoms with van der Waals surface area (Å²) < 4.78 is 5.10. The number of nitrogens with one attached hydrogen (secondary N) is 1. The third-order valence-electron chi connectivity index (χ3n) is 2.93. The molecule has 0 unspecified atom stereocenters. The Labute approximate surface area is 127 Å². The lowest BCUT2D eigenvalue weighted by Crippen LogP contribution is -2.18. The van der Waals surface area contributed by atoms with Crippen LogP contribution in [0.25, 0.3) is 11.1 Å². The molecule has 1 heterocycles. The average Bonchev–Trinajstić information content (AvgIpc) is 2.57. The zero-order valence-electron chi connectivity index (χ0n) is 11.6. The lowest BCUT2D eigenvalue weighted by Gasteiger charge is -2.06. The van der Waals surface area contributed by atoms with Crippen LogP contribution in [0.5, 0.6) is 5.75 Å². The Morgan fingerprint density at radius 3 is 2.05 bits per heavy atom. The number of benzene rings is 2. The fourth-order valence-electron chi connectivity index (χ4n) is 1.88. The standard InChI is InChI=1S/C17H13N3O2/c21-17(22-15-9-5-2-6-10-15)20-16-18-11-14(12-19-16)13-7-3-1-4-8-13/h1-12H,(H,18,19,20,21). The molecule has 5 heteroatoms. The van der Waals surface area contributed by atoms with Gasteiger partial charge in [0.25, 0.3) is 0 Å². The lowest BCUT2D eigenvalue weighted by atomic mass is 10.1. The van der Waals surface area contributed by atoms with E-state index in [0.29, 0.717) is 5.75 Å². The number of rotatable bonds is 3. The summed E-state index contributed by atoms with van der Waals surface area (Å²) in [5, 5.41) is 2.49. The van der Waals surface area contributed by atoms with E-state index in [1.807, 2.05) is 36.4 Å². The van der Waals surface area contributed by atoms with Crippen molar-refractivity contribution >= 4 is 12.0 Å². The highest BCUT2D eigenvalue weighted by molar-refractivity contribution is 5.84. The van der Waals surface area contributed by atoms with Crippen molar-refractivity contribution in [1.82, 2.24) is 9.97 Å². The minimum Gasteiger partial charge on any atom is -0.410 e. The van der Waals surface area contributed by atoms with Gasteiger partial charge in [-0.15, -0.1) is 0 Å². The summed E-state index contributed by atoms with van der Waals surface area (Å²) >= 11 is 0. The summed E-state index contributed by atoms with van der Waals surface area (Å²) in [7, 11) is 0. The van der Waals surface area contributed by atoms with E-state index in [0.717, 1.165) is 11.1 Å². The molecule has 0 atom stereocenters. The Bertz CT molecular complexity index is 744. The lowest BCUT2D eigenvalue weighted by molar-refractivity contribution is 0.215. The van der Waals surface area contributed by atoms with Crippen LogP contribution in [0.15, 0.2) is 73.1 Å². The van der Waals surface area contributed by atoms with E-state index >= 15 is 0 Å². The smallest absolute Gasteiger partial charge is 0.410 e. The molecule has 1 amide bonds. The van der Waals surface area contributed by atoms with Crippen LogP contribution < -0.4 is 10.1 Å². The molecule has 1 aromatic heterocycles. The molecule has 5 nitrogen and oxygen atoms in total. The Kier molecular flexibility index (Phi) is 4.06. The summed E-state index contributed by atoms with van der Waals surface area (Å²) in [6, 6.07) is 18.6. The number of amides is 1. The monoisotopic (exact) mass is 291 g/mol. The first-order valence-electron chi connectivity index (χ1n) is 6.72. The van der Waals surface area contributed by atoms with Gasteiger partial charge in [0.1, 0.15) is 5.75 Å². The van der Waals surface area contributed by atoms with E-state index < -0.39 is 6.09 Å². The van der Waals surface area contributed by atoms with Crippen molar-refractivity contribution < 1.29 is 9.53 Å². The van der Waals surface area contributed by atoms with E-state index in [2.05, 4.69) is 15.3 Å². The van der Waals surface area contributed by atoms with E-state index in [1.54, 1.807) is 36.7 Å². The van der Waals surface area contributed by atoms with Crippen LogP contribution in [0.2, 0.25) is 0 Å². The molecule has 0 aliphatic carbocycles. The second kappa shape index (κ2) is 6.49. The van der Waals surface area contributed by atoms with Crippen LogP contribution in [0.3, 0.4) is 0 Å². The number of carbonyl (C=O) groups excluding carboxylic acids is 1. The van der Waals surface area contributed by atoms with Gasteiger partial charge in [-0.05, 0) is 17.7 Å². The maximum atomic E-state index is 11.7. The van der Waals surface area contributed by atoms with Gasteiger partial charge in [0.15, 0.2) is 0 Å². The molecule has 0 aliphatic rings. The average molecular weight is 291 g/mol. The van der Waals surface area contributed by atoms with Crippen LogP contribution in [-0.2, 0) is 0 Å². The van der Waals surface area contributed by atoms with E-state index in [9.17, 15) is 4.79 Å². The number of para-hydroxylation sites is 1. The van der Waals surface area contributed by atoms with Crippen LogP contribution in [0.1, 0.15) is 0 Å². The number of anilines is 1. The first-order chi connectivity index (χ1) is 10.8. The fraction of sp³-hybridized carbons (Fsp3) is 0. The summed E-state index contributed by atoms with van der Waals surface area (Å²) in [6.07, 6.45) is 2.68. The molecule has 0 aliphatic heterocycles. The SMILES string of the molecule is O=C(Nc1ncc(-c2ccccc2)cn1)Oc1ccccc1. The minimum atomic E-state index is -0.626. The van der Waals surface area contributed by atoms with Gasteiger partial charge in [-0.3, -0.25) is 5.32 Å². The second-order valence-corrected chi connectivity index (χ2v) is 4.49. The topological polar surface area (TPSA) is 64.1 Å². The molecule has 0 radical (unpaired) electrons. The van der Waals surface area contributed by atoms with E-state index in [1.165, 1.54) is 0 Å². The molecule has 0 fully saturated rings. The molecule has 2 aromatic carbocycles. The molecular weight excluding hydrogens is 278 g/mol. The van der Waals surface area contributed by atoms with Crippen molar-refractivity contribution in [2.45, 2.75) is 0 Å². The van der Waals surface area contributed by atoms with Gasteiger partial charge in [-0.25, -0.2) is 14.8 Å². The molecule has 0 spiro atoms. The molecule has 1 N–H and O–H groups in total. The molecule has 0 saturated heterocycles. The highest BCUT2D eigenvalue weighted by Crippen LogP contribution is 2.17. The Morgan fingerprint density at radius 1 is 0.818 bits per heavy atom. The van der Waals surface area contributed by atoms with E-state index in [4.69, 9.17) is 4.74 Å². The molecule has 3 rings (SSSR count). The molecule has 3 aromatic rings. The van der Waals surface area contributed by atoms with Gasteiger partial charge in [-0.1, -0.05) is 48.5 Å². The van der Waals surface area contributed by atoms with Crippen LogP contribution >= 0.6 is 0 Å². The maximum Gasteiger partial charge on any atom is 0.419 e. The summed E-state index contributed by atoms with van der Waals surface area (Å²) in [5.74, 6) is 0.654. The molecule has 0 bridgehead atoms. The van der Waals surface area contributed by atoms with Crippen molar-refractivity contribution in [1.29, 1.82) is 0 Å². The van der Waals surface area contributed by atoms with E-state index in [-0.39, 0.29) is 5.95 Å². The summed E-state index contributed by atoms with van der Waals surface area (Å²) in [4.78, 5) is 20.0. The first kappa shape index (κ1) is 13.8. The third-order valence-corrected chi connectivity index (χ3v) is 2.93. The van der Waals surface area contributed by atoms with Gasteiger partial charge >= 0.3 is 6.09 Å². The van der Waals surface area contributed by atoms with Crippen LogP contribution in [-0.4, -0.2) is 16.1 Å². The number of carbonyl (C=O) groups is 1. The number of hydrogen-bond acceptors (Lipinski definition) is 4. The Hall–Kier alpha value is -3.21. The number of ether oxygens (including phenoxy) is 1. The Balaban J connectivity index is 1.65. The van der Waals surface area contributed by atoms with Gasteiger partial charge in [-0.2, -0.15) is 0 Å². The number of hydrogen-bond donors (Lipinski definition) is 1. The number of nitrogens with zero attached hydrogens (tertiary/aromatic N) is 2. The van der Waals surface area contributed by atoms with Gasteiger partial charge in [0, 0.05) is 18.0 Å². The molecule has 108 valence electrons. The van der Waals surface area contributed by atoms with Gasteiger partial charge in [0.05, 0.1) is 0 Å². The first-order valence-corrected chi connectivity index (χ1v) is 6.72. The fourth-order valence-corrected chi connectivity index (χ4v) is 1.88. The second-order valence-electron chi connectivity index (χ2n) is 4.49.